The minimum absolute atomic E-state index is 0.0220. The predicted octanol–water partition coefficient (Wildman–Crippen LogP) is 3.40. The summed E-state index contributed by atoms with van der Waals surface area (Å²) in [6.07, 6.45) is 1.83. The number of thiocarbonyl (C=S) groups is 1. The number of hydrogen-bond donors (Lipinski definition) is 2. The van der Waals surface area contributed by atoms with E-state index in [0.29, 0.717) is 5.69 Å². The van der Waals surface area contributed by atoms with Crippen molar-refractivity contribution in [2.75, 3.05) is 5.32 Å². The Hall–Kier alpha value is -1.53. The fourth-order valence-corrected chi connectivity index (χ4v) is 2.63. The molecule has 6 heteroatoms. The lowest BCUT2D eigenvalue weighted by Gasteiger charge is -2.13. The third kappa shape index (κ3) is 3.27. The Balaban J connectivity index is 2.15. The van der Waals surface area contributed by atoms with Crippen molar-refractivity contribution in [1.82, 2.24) is 4.98 Å². The Labute approximate surface area is 120 Å². The van der Waals surface area contributed by atoms with Gasteiger partial charge < -0.3 is 11.1 Å². The van der Waals surface area contributed by atoms with E-state index in [1.165, 1.54) is 6.07 Å². The van der Waals surface area contributed by atoms with Crippen molar-refractivity contribution in [2.24, 2.45) is 5.73 Å². The maximum atomic E-state index is 13.7. The number of anilines is 1. The third-order valence-corrected chi connectivity index (χ3v) is 3.94. The zero-order chi connectivity index (χ0) is 14.0. The van der Waals surface area contributed by atoms with Crippen LogP contribution in [-0.4, -0.2) is 9.97 Å². The topological polar surface area (TPSA) is 50.9 Å². The molecule has 1 aromatic carbocycles. The van der Waals surface area contributed by atoms with E-state index in [1.54, 1.807) is 23.5 Å². The number of hydrogen-bond acceptors (Lipinski definition) is 4. The van der Waals surface area contributed by atoms with Gasteiger partial charge in [-0.2, -0.15) is 0 Å². The highest BCUT2D eigenvalue weighted by atomic mass is 32.1. The van der Waals surface area contributed by atoms with Crippen molar-refractivity contribution < 1.29 is 4.39 Å². The molecule has 0 aliphatic heterocycles. The Morgan fingerprint density at radius 1 is 1.53 bits per heavy atom. The molecule has 1 aromatic heterocycles. The van der Waals surface area contributed by atoms with Gasteiger partial charge in [0.2, 0.25) is 0 Å². The van der Waals surface area contributed by atoms with Crippen molar-refractivity contribution in [3.63, 3.8) is 0 Å². The number of aromatic nitrogens is 1. The fourth-order valence-electron chi connectivity index (χ4n) is 1.69. The largest absolute Gasteiger partial charge is 0.389 e. The maximum absolute atomic E-state index is 13.7. The average Bonchev–Trinajstić information content (AvgIpc) is 2.75. The Morgan fingerprint density at radius 3 is 2.79 bits per heavy atom. The Morgan fingerprint density at radius 2 is 2.26 bits per heavy atom. The monoisotopic (exact) mass is 295 g/mol. The molecule has 3 N–H and O–H groups in total. The minimum Gasteiger partial charge on any atom is -0.389 e. The van der Waals surface area contributed by atoms with E-state index >= 15 is 0 Å². The summed E-state index contributed by atoms with van der Waals surface area (Å²) in [6, 6.07) is 4.76. The van der Waals surface area contributed by atoms with Gasteiger partial charge in [0.1, 0.15) is 15.8 Å². The maximum Gasteiger partial charge on any atom is 0.135 e. The van der Waals surface area contributed by atoms with Gasteiger partial charge >= 0.3 is 0 Å². The Bertz CT molecular complexity index is 610. The molecule has 1 heterocycles. The first kappa shape index (κ1) is 13.9. The number of halogens is 1. The molecule has 1 atom stereocenters. The molecule has 0 saturated carbocycles. The number of rotatable bonds is 4. The molecular formula is C13H14FN3S2. The van der Waals surface area contributed by atoms with Crippen molar-refractivity contribution in [2.45, 2.75) is 19.9 Å². The molecule has 1 unspecified atom stereocenters. The first-order chi connectivity index (χ1) is 8.97. The van der Waals surface area contributed by atoms with E-state index in [9.17, 15) is 4.39 Å². The van der Waals surface area contributed by atoms with Crippen LogP contribution in [0, 0.1) is 12.7 Å². The van der Waals surface area contributed by atoms with Crippen LogP contribution in [0.2, 0.25) is 0 Å². The van der Waals surface area contributed by atoms with Gasteiger partial charge in [-0.1, -0.05) is 12.2 Å². The zero-order valence-corrected chi connectivity index (χ0v) is 12.2. The molecule has 19 heavy (non-hydrogen) atoms. The highest BCUT2D eigenvalue weighted by molar-refractivity contribution is 7.80. The quantitative estimate of drug-likeness (QED) is 0.849. The molecular weight excluding hydrogens is 281 g/mol. The van der Waals surface area contributed by atoms with Gasteiger partial charge in [-0.15, -0.1) is 11.3 Å². The van der Waals surface area contributed by atoms with Gasteiger partial charge in [0.05, 0.1) is 6.04 Å². The molecule has 0 radical (unpaired) electrons. The number of nitrogens with one attached hydrogen (secondary N) is 1. The first-order valence-electron chi connectivity index (χ1n) is 5.75. The highest BCUT2D eigenvalue weighted by Crippen LogP contribution is 2.24. The number of aryl methyl sites for hydroxylation is 1. The first-order valence-corrected chi connectivity index (χ1v) is 6.98. The van der Waals surface area contributed by atoms with Crippen molar-refractivity contribution in [1.29, 1.82) is 0 Å². The third-order valence-electron chi connectivity index (χ3n) is 2.63. The van der Waals surface area contributed by atoms with Gasteiger partial charge in [0, 0.05) is 22.3 Å². The SMILES string of the molecule is Cc1cnc(C(C)Nc2ccc(C(N)=S)c(F)c2)s1. The number of benzene rings is 1. The summed E-state index contributed by atoms with van der Waals surface area (Å²) in [6.45, 7) is 3.99. The van der Waals surface area contributed by atoms with E-state index in [4.69, 9.17) is 18.0 Å². The lowest BCUT2D eigenvalue weighted by atomic mass is 10.2. The molecule has 0 amide bonds. The second-order valence-electron chi connectivity index (χ2n) is 4.23. The molecule has 0 aliphatic rings. The van der Waals surface area contributed by atoms with Crippen molar-refractivity contribution >= 4 is 34.2 Å². The molecule has 0 aliphatic carbocycles. The van der Waals surface area contributed by atoms with E-state index in [2.05, 4.69) is 10.3 Å². The van der Waals surface area contributed by atoms with Crippen LogP contribution in [0.4, 0.5) is 10.1 Å². The van der Waals surface area contributed by atoms with Gasteiger partial charge in [-0.3, -0.25) is 0 Å². The van der Waals surface area contributed by atoms with Crippen LogP contribution in [-0.2, 0) is 0 Å². The molecule has 2 aromatic rings. The van der Waals surface area contributed by atoms with Crippen LogP contribution in [0.15, 0.2) is 24.4 Å². The predicted molar refractivity (Wildman–Crippen MR) is 81.2 cm³/mol. The Kier molecular flexibility index (Phi) is 4.11. The summed E-state index contributed by atoms with van der Waals surface area (Å²) in [5.74, 6) is -0.417. The lowest BCUT2D eigenvalue weighted by Crippen LogP contribution is -2.12. The van der Waals surface area contributed by atoms with E-state index in [0.717, 1.165) is 9.88 Å². The number of nitrogens with two attached hydrogens (primary N) is 1. The smallest absolute Gasteiger partial charge is 0.135 e. The van der Waals surface area contributed by atoms with Crippen molar-refractivity contribution in [3.05, 3.63) is 45.7 Å². The second-order valence-corrected chi connectivity index (χ2v) is 5.94. The highest BCUT2D eigenvalue weighted by Gasteiger charge is 2.11. The molecule has 0 saturated heterocycles. The van der Waals surface area contributed by atoms with Crippen LogP contribution in [0.5, 0.6) is 0 Å². The molecule has 100 valence electrons. The molecule has 3 nitrogen and oxygen atoms in total. The second kappa shape index (κ2) is 5.63. The van der Waals surface area contributed by atoms with Crippen LogP contribution in [0.3, 0.4) is 0 Å². The van der Waals surface area contributed by atoms with Gasteiger partial charge in [-0.05, 0) is 32.0 Å². The standard InChI is InChI=1S/C13H14FN3S2/c1-7-6-16-13(19-7)8(2)17-9-3-4-10(12(15)18)11(14)5-9/h3-6,8,17H,1-2H3,(H2,15,18). The fraction of sp³-hybridized carbons (Fsp3) is 0.231. The normalized spacial score (nSPS) is 12.2. The molecule has 0 bridgehead atoms. The summed E-state index contributed by atoms with van der Waals surface area (Å²) in [4.78, 5) is 5.52. The summed E-state index contributed by atoms with van der Waals surface area (Å²) >= 11 is 6.39. The van der Waals surface area contributed by atoms with Crippen LogP contribution < -0.4 is 11.1 Å². The summed E-state index contributed by atoms with van der Waals surface area (Å²) in [5.41, 5.74) is 6.36. The van der Waals surface area contributed by atoms with Crippen molar-refractivity contribution in [3.8, 4) is 0 Å². The molecule has 2 rings (SSSR count). The minimum atomic E-state index is -0.417. The van der Waals surface area contributed by atoms with Crippen LogP contribution in [0.1, 0.15) is 28.4 Å². The van der Waals surface area contributed by atoms with E-state index in [-0.39, 0.29) is 16.6 Å². The summed E-state index contributed by atoms with van der Waals surface area (Å²) in [7, 11) is 0. The number of thiazole rings is 1. The van der Waals surface area contributed by atoms with Crippen LogP contribution >= 0.6 is 23.6 Å². The van der Waals surface area contributed by atoms with E-state index in [1.807, 2.05) is 20.0 Å². The van der Waals surface area contributed by atoms with Gasteiger partial charge in [-0.25, -0.2) is 9.37 Å². The lowest BCUT2D eigenvalue weighted by molar-refractivity contribution is 0.625. The molecule has 0 spiro atoms. The number of nitrogens with zero attached hydrogens (tertiary/aromatic N) is 1. The average molecular weight is 295 g/mol. The van der Waals surface area contributed by atoms with E-state index < -0.39 is 5.82 Å². The van der Waals surface area contributed by atoms with Crippen LogP contribution in [0.25, 0.3) is 0 Å². The van der Waals surface area contributed by atoms with Gasteiger partial charge in [0.25, 0.3) is 0 Å². The zero-order valence-electron chi connectivity index (χ0n) is 10.6. The summed E-state index contributed by atoms with van der Waals surface area (Å²) in [5, 5.41) is 4.17. The summed E-state index contributed by atoms with van der Waals surface area (Å²) < 4.78 is 13.7. The van der Waals surface area contributed by atoms with Gasteiger partial charge in [0.15, 0.2) is 0 Å². The molecule has 0 fully saturated rings.